The number of hydrogen-bond donors (Lipinski definition) is 1. The van der Waals surface area contributed by atoms with Crippen LogP contribution in [0.15, 0.2) is 0 Å². The van der Waals surface area contributed by atoms with Gasteiger partial charge >= 0.3 is 0 Å². The minimum Gasteiger partial charge on any atom is -0.310 e. The molecule has 20 heavy (non-hydrogen) atoms. The standard InChI is InChI=1S/C18H34N2/c1-5-20-11-6-7-15(9-12-20)19-16-17(2,3)14-8-10-18(16,4)13-14/h14-16,19H,5-13H2,1-4H3. The summed E-state index contributed by atoms with van der Waals surface area (Å²) in [6.45, 7) is 13.7. The van der Waals surface area contributed by atoms with Crippen molar-refractivity contribution in [2.24, 2.45) is 16.7 Å². The van der Waals surface area contributed by atoms with E-state index in [2.05, 4.69) is 37.9 Å². The van der Waals surface area contributed by atoms with E-state index in [1.807, 2.05) is 0 Å². The lowest BCUT2D eigenvalue weighted by atomic mass is 9.68. The fourth-order valence-electron chi connectivity index (χ4n) is 5.59. The minimum atomic E-state index is 0.504. The Bertz CT molecular complexity index is 347. The first kappa shape index (κ1) is 14.8. The topological polar surface area (TPSA) is 15.3 Å². The number of rotatable bonds is 3. The average molecular weight is 278 g/mol. The van der Waals surface area contributed by atoms with E-state index in [1.165, 1.54) is 58.2 Å². The second-order valence-corrected chi connectivity index (χ2v) is 8.58. The van der Waals surface area contributed by atoms with E-state index in [0.29, 0.717) is 10.8 Å². The molecule has 2 heteroatoms. The Labute approximate surface area is 125 Å². The first-order valence-electron chi connectivity index (χ1n) is 8.94. The zero-order valence-corrected chi connectivity index (χ0v) is 14.0. The van der Waals surface area contributed by atoms with Crippen LogP contribution in [0.2, 0.25) is 0 Å². The Hall–Kier alpha value is -0.0800. The summed E-state index contributed by atoms with van der Waals surface area (Å²) in [5, 5.41) is 4.14. The van der Waals surface area contributed by atoms with Crippen molar-refractivity contribution in [2.45, 2.75) is 78.3 Å². The van der Waals surface area contributed by atoms with E-state index < -0.39 is 0 Å². The SMILES string of the molecule is CCN1CCCC(NC2C3(C)CCC(C3)C2(C)C)CC1. The van der Waals surface area contributed by atoms with Crippen molar-refractivity contribution in [2.75, 3.05) is 19.6 Å². The third-order valence-corrected chi connectivity index (χ3v) is 6.94. The minimum absolute atomic E-state index is 0.504. The van der Waals surface area contributed by atoms with Gasteiger partial charge in [-0.05, 0) is 74.9 Å². The summed E-state index contributed by atoms with van der Waals surface area (Å²) in [5.74, 6) is 0.961. The predicted molar refractivity (Wildman–Crippen MR) is 85.9 cm³/mol. The van der Waals surface area contributed by atoms with Gasteiger partial charge in [0.1, 0.15) is 0 Å². The largest absolute Gasteiger partial charge is 0.310 e. The van der Waals surface area contributed by atoms with Crippen molar-refractivity contribution in [1.29, 1.82) is 0 Å². The molecule has 2 nitrogen and oxygen atoms in total. The lowest BCUT2D eigenvalue weighted by Gasteiger charge is -2.45. The maximum Gasteiger partial charge on any atom is 0.0177 e. The quantitative estimate of drug-likeness (QED) is 0.847. The molecule has 0 aromatic carbocycles. The van der Waals surface area contributed by atoms with E-state index in [9.17, 15) is 0 Å². The van der Waals surface area contributed by atoms with Gasteiger partial charge in [0.25, 0.3) is 0 Å². The third kappa shape index (κ3) is 2.43. The highest BCUT2D eigenvalue weighted by Gasteiger charge is 2.59. The molecule has 2 saturated carbocycles. The summed E-state index contributed by atoms with van der Waals surface area (Å²) in [4.78, 5) is 2.62. The molecule has 1 aliphatic heterocycles. The van der Waals surface area contributed by atoms with Crippen molar-refractivity contribution < 1.29 is 0 Å². The predicted octanol–water partition coefficient (Wildman–Crippen LogP) is 3.67. The van der Waals surface area contributed by atoms with E-state index in [1.54, 1.807) is 0 Å². The van der Waals surface area contributed by atoms with Crippen molar-refractivity contribution in [3.8, 4) is 0 Å². The highest BCUT2D eigenvalue weighted by Crippen LogP contribution is 2.62. The number of nitrogens with zero attached hydrogens (tertiary/aromatic N) is 1. The highest BCUT2D eigenvalue weighted by atomic mass is 15.1. The fourth-order valence-corrected chi connectivity index (χ4v) is 5.59. The average Bonchev–Trinajstić information content (AvgIpc) is 2.77. The Kier molecular flexibility index (Phi) is 3.92. The van der Waals surface area contributed by atoms with Crippen molar-refractivity contribution in [3.63, 3.8) is 0 Å². The summed E-state index contributed by atoms with van der Waals surface area (Å²) in [6, 6.07) is 1.50. The first-order chi connectivity index (χ1) is 9.45. The summed E-state index contributed by atoms with van der Waals surface area (Å²) >= 11 is 0. The molecule has 0 radical (unpaired) electrons. The molecule has 3 fully saturated rings. The Morgan fingerprint density at radius 1 is 1.10 bits per heavy atom. The number of nitrogens with one attached hydrogen (secondary N) is 1. The van der Waals surface area contributed by atoms with Crippen LogP contribution in [0.25, 0.3) is 0 Å². The van der Waals surface area contributed by atoms with Gasteiger partial charge in [0, 0.05) is 12.1 Å². The summed E-state index contributed by atoms with van der Waals surface area (Å²) in [6.07, 6.45) is 8.48. The van der Waals surface area contributed by atoms with Crippen LogP contribution in [0.5, 0.6) is 0 Å². The van der Waals surface area contributed by atoms with Gasteiger partial charge in [-0.15, -0.1) is 0 Å². The Balaban J connectivity index is 1.65. The molecule has 116 valence electrons. The Morgan fingerprint density at radius 2 is 1.90 bits per heavy atom. The molecule has 4 unspecified atom stereocenters. The molecule has 2 aliphatic carbocycles. The molecular formula is C18H34N2. The first-order valence-corrected chi connectivity index (χ1v) is 8.94. The number of likely N-dealkylation sites (tertiary alicyclic amines) is 1. The summed E-state index contributed by atoms with van der Waals surface area (Å²) < 4.78 is 0. The maximum absolute atomic E-state index is 4.14. The molecule has 0 spiro atoms. The van der Waals surface area contributed by atoms with E-state index in [4.69, 9.17) is 0 Å². The lowest BCUT2D eigenvalue weighted by molar-refractivity contribution is 0.0959. The molecule has 1 saturated heterocycles. The molecule has 1 N–H and O–H groups in total. The molecule has 1 heterocycles. The van der Waals surface area contributed by atoms with Crippen LogP contribution in [0.4, 0.5) is 0 Å². The van der Waals surface area contributed by atoms with Crippen LogP contribution < -0.4 is 5.32 Å². The monoisotopic (exact) mass is 278 g/mol. The zero-order valence-electron chi connectivity index (χ0n) is 14.0. The molecule has 3 aliphatic rings. The van der Waals surface area contributed by atoms with Crippen LogP contribution in [0.3, 0.4) is 0 Å². The van der Waals surface area contributed by atoms with Crippen molar-refractivity contribution in [1.82, 2.24) is 10.2 Å². The molecule has 0 aromatic rings. The van der Waals surface area contributed by atoms with Gasteiger partial charge in [-0.1, -0.05) is 27.7 Å². The maximum atomic E-state index is 4.14. The van der Waals surface area contributed by atoms with Crippen LogP contribution in [0, 0.1) is 16.7 Å². The summed E-state index contributed by atoms with van der Waals surface area (Å²) in [7, 11) is 0. The van der Waals surface area contributed by atoms with Crippen LogP contribution >= 0.6 is 0 Å². The molecule has 4 atom stereocenters. The van der Waals surface area contributed by atoms with Gasteiger partial charge in [-0.2, -0.15) is 0 Å². The normalized spacial score (nSPS) is 44.7. The van der Waals surface area contributed by atoms with Crippen molar-refractivity contribution in [3.05, 3.63) is 0 Å². The van der Waals surface area contributed by atoms with Gasteiger partial charge in [-0.3, -0.25) is 0 Å². The smallest absolute Gasteiger partial charge is 0.0177 e. The van der Waals surface area contributed by atoms with Gasteiger partial charge in [0.2, 0.25) is 0 Å². The van der Waals surface area contributed by atoms with Gasteiger partial charge in [-0.25, -0.2) is 0 Å². The lowest BCUT2D eigenvalue weighted by Crippen LogP contribution is -2.53. The van der Waals surface area contributed by atoms with E-state index in [0.717, 1.165) is 18.0 Å². The fraction of sp³-hybridized carbons (Fsp3) is 1.00. The number of hydrogen-bond acceptors (Lipinski definition) is 2. The second kappa shape index (κ2) is 5.28. The van der Waals surface area contributed by atoms with Gasteiger partial charge in [0.05, 0.1) is 0 Å². The number of fused-ring (bicyclic) bond motifs is 2. The zero-order chi connectivity index (χ0) is 14.4. The molecule has 0 aromatic heterocycles. The van der Waals surface area contributed by atoms with Gasteiger partial charge < -0.3 is 10.2 Å². The molecule has 0 amide bonds. The molecule has 2 bridgehead atoms. The van der Waals surface area contributed by atoms with Crippen LogP contribution in [-0.2, 0) is 0 Å². The van der Waals surface area contributed by atoms with Gasteiger partial charge in [0.15, 0.2) is 0 Å². The highest BCUT2D eigenvalue weighted by molar-refractivity contribution is 5.12. The van der Waals surface area contributed by atoms with E-state index in [-0.39, 0.29) is 0 Å². The van der Waals surface area contributed by atoms with Crippen LogP contribution in [-0.4, -0.2) is 36.6 Å². The van der Waals surface area contributed by atoms with Crippen LogP contribution in [0.1, 0.15) is 66.2 Å². The third-order valence-electron chi connectivity index (χ3n) is 6.94. The van der Waals surface area contributed by atoms with Crippen molar-refractivity contribution >= 4 is 0 Å². The van der Waals surface area contributed by atoms with E-state index >= 15 is 0 Å². The molecule has 3 rings (SSSR count). The summed E-state index contributed by atoms with van der Waals surface area (Å²) in [5.41, 5.74) is 1.08. The Morgan fingerprint density at radius 3 is 2.55 bits per heavy atom. The second-order valence-electron chi connectivity index (χ2n) is 8.58. The molecular weight excluding hydrogens is 244 g/mol.